The van der Waals surface area contributed by atoms with Gasteiger partial charge in [0.05, 0.1) is 25.9 Å². The lowest BCUT2D eigenvalue weighted by molar-refractivity contribution is -0.142. The average molecular weight is 456 g/mol. The van der Waals surface area contributed by atoms with E-state index in [-0.39, 0.29) is 23.9 Å². The van der Waals surface area contributed by atoms with Crippen LogP contribution in [-0.4, -0.2) is 45.3 Å². The summed E-state index contributed by atoms with van der Waals surface area (Å²) in [5.74, 6) is 0.208. The van der Waals surface area contributed by atoms with Crippen LogP contribution >= 0.6 is 0 Å². The van der Waals surface area contributed by atoms with Crippen LogP contribution in [0.25, 0.3) is 0 Å². The summed E-state index contributed by atoms with van der Waals surface area (Å²) in [6, 6.07) is 5.53. The maximum atomic E-state index is 13.4. The number of methoxy groups -OCH3 is 2. The second-order valence-corrected chi connectivity index (χ2v) is 9.78. The quantitative estimate of drug-likeness (QED) is 0.649. The average Bonchev–Trinajstić information content (AvgIpc) is 3.28. The number of Topliss-reactive ketones (excluding diaryl/α,β-unsaturated/α-hetero) is 1. The van der Waals surface area contributed by atoms with Crippen LogP contribution in [0.4, 0.5) is 0 Å². The molecule has 1 aliphatic carbocycles. The van der Waals surface area contributed by atoms with Crippen LogP contribution in [-0.2, 0) is 19.1 Å². The highest BCUT2D eigenvalue weighted by atomic mass is 16.6. The lowest BCUT2D eigenvalue weighted by atomic mass is 9.68. The van der Waals surface area contributed by atoms with Gasteiger partial charge in [-0.05, 0) is 49.3 Å². The minimum absolute atomic E-state index is 0.0467. The Hall–Kier alpha value is -2.80. The van der Waals surface area contributed by atoms with Gasteiger partial charge in [-0.2, -0.15) is 0 Å². The normalized spacial score (nSPS) is 24.3. The molecule has 3 aliphatic rings. The molecular formula is C26H33NO6. The SMILES string of the molecule is COc1ccc([C@@H]2C(C(=O)OC[C@@H]3CCCO3)=C(C)NC3=C2C(=O)CC(C)(C)C3)cc1OC. The fourth-order valence-corrected chi connectivity index (χ4v) is 5.09. The third-order valence-electron chi connectivity index (χ3n) is 6.62. The second-order valence-electron chi connectivity index (χ2n) is 9.78. The van der Waals surface area contributed by atoms with Crippen molar-refractivity contribution < 1.29 is 28.5 Å². The second kappa shape index (κ2) is 9.21. The van der Waals surface area contributed by atoms with E-state index in [1.807, 2.05) is 19.1 Å². The molecule has 0 aromatic heterocycles. The molecule has 0 saturated carbocycles. The number of carbonyl (C=O) groups is 2. The van der Waals surface area contributed by atoms with Crippen molar-refractivity contribution in [3.8, 4) is 11.5 Å². The first-order valence-electron chi connectivity index (χ1n) is 11.5. The number of ketones is 1. The molecule has 1 saturated heterocycles. The summed E-state index contributed by atoms with van der Waals surface area (Å²) in [7, 11) is 3.15. The third kappa shape index (κ3) is 4.64. The Morgan fingerprint density at radius 2 is 1.94 bits per heavy atom. The molecule has 7 heteroatoms. The number of carbonyl (C=O) groups excluding carboxylic acids is 2. The molecule has 0 amide bonds. The van der Waals surface area contributed by atoms with Gasteiger partial charge >= 0.3 is 5.97 Å². The molecule has 4 rings (SSSR count). The van der Waals surface area contributed by atoms with Gasteiger partial charge in [0.2, 0.25) is 0 Å². The zero-order valence-electron chi connectivity index (χ0n) is 20.1. The number of nitrogens with one attached hydrogen (secondary N) is 1. The Bertz CT molecular complexity index is 1020. The number of dihydropyridines is 1. The first-order valence-corrected chi connectivity index (χ1v) is 11.5. The van der Waals surface area contributed by atoms with E-state index in [1.54, 1.807) is 20.3 Å². The summed E-state index contributed by atoms with van der Waals surface area (Å²) in [5.41, 5.74) is 3.31. The van der Waals surface area contributed by atoms with Gasteiger partial charge in [0.15, 0.2) is 17.3 Å². The first-order chi connectivity index (χ1) is 15.7. The molecule has 0 bridgehead atoms. The van der Waals surface area contributed by atoms with Crippen LogP contribution < -0.4 is 14.8 Å². The van der Waals surface area contributed by atoms with Crippen LogP contribution in [0.1, 0.15) is 57.9 Å². The maximum Gasteiger partial charge on any atom is 0.336 e. The van der Waals surface area contributed by atoms with Crippen molar-refractivity contribution in [2.24, 2.45) is 5.41 Å². The van der Waals surface area contributed by atoms with Gasteiger partial charge in [-0.25, -0.2) is 4.79 Å². The Balaban J connectivity index is 1.76. The van der Waals surface area contributed by atoms with Gasteiger partial charge in [0, 0.05) is 35.9 Å². The van der Waals surface area contributed by atoms with E-state index in [2.05, 4.69) is 19.2 Å². The van der Waals surface area contributed by atoms with E-state index in [4.69, 9.17) is 18.9 Å². The summed E-state index contributed by atoms with van der Waals surface area (Å²) in [6.45, 7) is 6.95. The summed E-state index contributed by atoms with van der Waals surface area (Å²) in [6.07, 6.45) is 2.94. The van der Waals surface area contributed by atoms with Crippen molar-refractivity contribution in [2.75, 3.05) is 27.4 Å². The Morgan fingerprint density at radius 1 is 1.18 bits per heavy atom. The summed E-state index contributed by atoms with van der Waals surface area (Å²) in [5, 5.41) is 3.36. The smallest absolute Gasteiger partial charge is 0.336 e. The number of benzene rings is 1. The Morgan fingerprint density at radius 3 is 2.61 bits per heavy atom. The lowest BCUT2D eigenvalue weighted by Gasteiger charge is -2.39. The zero-order chi connectivity index (χ0) is 23.8. The molecule has 2 aliphatic heterocycles. The van der Waals surface area contributed by atoms with Crippen molar-refractivity contribution in [3.05, 3.63) is 46.3 Å². The largest absolute Gasteiger partial charge is 0.493 e. The standard InChI is InChI=1S/C26H33NO6/c1-15-22(25(29)33-14-17-7-6-10-32-17)23(16-8-9-20(30-4)21(11-16)31-5)24-18(27-15)12-26(2,3)13-19(24)28/h8-9,11,17,23,27H,6-7,10,12-14H2,1-5H3/t17-,23+/m0/s1. The highest BCUT2D eigenvalue weighted by Gasteiger charge is 2.43. The van der Waals surface area contributed by atoms with Gasteiger partial charge in [-0.1, -0.05) is 19.9 Å². The molecule has 2 atom stereocenters. The number of hydrogen-bond acceptors (Lipinski definition) is 7. The van der Waals surface area contributed by atoms with E-state index in [1.165, 1.54) is 0 Å². The van der Waals surface area contributed by atoms with Crippen molar-refractivity contribution >= 4 is 11.8 Å². The summed E-state index contributed by atoms with van der Waals surface area (Å²) >= 11 is 0. The number of esters is 1. The van der Waals surface area contributed by atoms with Gasteiger partial charge in [0.25, 0.3) is 0 Å². The molecule has 1 N–H and O–H groups in total. The fourth-order valence-electron chi connectivity index (χ4n) is 5.09. The van der Waals surface area contributed by atoms with E-state index in [9.17, 15) is 9.59 Å². The van der Waals surface area contributed by atoms with E-state index in [0.29, 0.717) is 41.4 Å². The molecule has 0 radical (unpaired) electrons. The first kappa shape index (κ1) is 23.4. The van der Waals surface area contributed by atoms with E-state index in [0.717, 1.165) is 30.5 Å². The maximum absolute atomic E-state index is 13.4. The van der Waals surface area contributed by atoms with Crippen LogP contribution in [0, 0.1) is 5.41 Å². The van der Waals surface area contributed by atoms with Crippen LogP contribution in [0.2, 0.25) is 0 Å². The Kier molecular flexibility index (Phi) is 6.52. The van der Waals surface area contributed by atoms with Gasteiger partial charge < -0.3 is 24.3 Å². The molecule has 178 valence electrons. The van der Waals surface area contributed by atoms with Crippen LogP contribution in [0.5, 0.6) is 11.5 Å². The van der Waals surface area contributed by atoms with Crippen molar-refractivity contribution in [3.63, 3.8) is 0 Å². The number of allylic oxidation sites excluding steroid dienone is 3. The summed E-state index contributed by atoms with van der Waals surface area (Å²) in [4.78, 5) is 26.8. The fraction of sp³-hybridized carbons (Fsp3) is 0.538. The predicted octanol–water partition coefficient (Wildman–Crippen LogP) is 4.03. The van der Waals surface area contributed by atoms with E-state index >= 15 is 0 Å². The van der Waals surface area contributed by atoms with Gasteiger partial charge in [0.1, 0.15) is 6.61 Å². The monoisotopic (exact) mass is 455 g/mol. The molecule has 1 aromatic rings. The molecule has 2 heterocycles. The number of hydrogen-bond donors (Lipinski definition) is 1. The molecule has 0 spiro atoms. The molecular weight excluding hydrogens is 422 g/mol. The lowest BCUT2D eigenvalue weighted by Crippen LogP contribution is -2.39. The molecule has 1 aromatic carbocycles. The minimum atomic E-state index is -0.540. The molecule has 7 nitrogen and oxygen atoms in total. The predicted molar refractivity (Wildman–Crippen MR) is 123 cm³/mol. The van der Waals surface area contributed by atoms with E-state index < -0.39 is 11.9 Å². The topological polar surface area (TPSA) is 83.1 Å². The molecule has 33 heavy (non-hydrogen) atoms. The number of rotatable bonds is 6. The number of ether oxygens (including phenoxy) is 4. The summed E-state index contributed by atoms with van der Waals surface area (Å²) < 4.78 is 22.2. The minimum Gasteiger partial charge on any atom is -0.493 e. The molecule has 1 fully saturated rings. The van der Waals surface area contributed by atoms with Crippen LogP contribution in [0.3, 0.4) is 0 Å². The highest BCUT2D eigenvalue weighted by molar-refractivity contribution is 6.04. The van der Waals surface area contributed by atoms with Crippen molar-refractivity contribution in [1.82, 2.24) is 5.32 Å². The third-order valence-corrected chi connectivity index (χ3v) is 6.62. The van der Waals surface area contributed by atoms with Crippen molar-refractivity contribution in [2.45, 2.75) is 58.5 Å². The highest BCUT2D eigenvalue weighted by Crippen LogP contribution is 2.47. The zero-order valence-corrected chi connectivity index (χ0v) is 20.1. The van der Waals surface area contributed by atoms with Crippen molar-refractivity contribution in [1.29, 1.82) is 0 Å². The Labute approximate surface area is 195 Å². The van der Waals surface area contributed by atoms with Crippen LogP contribution in [0.15, 0.2) is 40.7 Å². The molecule has 0 unspecified atom stereocenters. The van der Waals surface area contributed by atoms with Gasteiger partial charge in [-0.15, -0.1) is 0 Å². The van der Waals surface area contributed by atoms with Gasteiger partial charge in [-0.3, -0.25) is 4.79 Å².